The van der Waals surface area contributed by atoms with E-state index in [1.54, 1.807) is 12.1 Å². The number of fused-ring (bicyclic) bond motifs is 6. The number of halogens is 6. The van der Waals surface area contributed by atoms with Crippen molar-refractivity contribution in [3.05, 3.63) is 243 Å². The van der Waals surface area contributed by atoms with Crippen molar-refractivity contribution in [2.24, 2.45) is 0 Å². The Morgan fingerprint density at radius 2 is 0.650 bits per heavy atom. The van der Waals surface area contributed by atoms with E-state index in [4.69, 9.17) is 6.57 Å². The van der Waals surface area contributed by atoms with E-state index >= 15 is 13.2 Å². The van der Waals surface area contributed by atoms with Gasteiger partial charge in [0.2, 0.25) is 0 Å². The third-order valence-corrected chi connectivity index (χ3v) is 15.9. The molecule has 0 aliphatic heterocycles. The number of hydrogen-bond acceptors (Lipinski definition) is 0. The van der Waals surface area contributed by atoms with Crippen LogP contribution in [0.3, 0.4) is 0 Å². The highest BCUT2D eigenvalue weighted by molar-refractivity contribution is 6.14. The van der Waals surface area contributed by atoms with Gasteiger partial charge in [-0.1, -0.05) is 125 Å². The third-order valence-electron chi connectivity index (χ3n) is 15.9. The molecule has 10 aromatic carbocycles. The van der Waals surface area contributed by atoms with E-state index in [2.05, 4.69) is 198 Å². The Balaban J connectivity index is 1.23. The Labute approximate surface area is 460 Å². The monoisotopic (exact) mass is 1060 g/mol. The quantitative estimate of drug-likeness (QED) is 0.112. The summed E-state index contributed by atoms with van der Waals surface area (Å²) in [5.41, 5.74) is 17.2. The first-order valence-corrected chi connectivity index (χ1v) is 26.5. The number of aryl methyl sites for hydroxylation is 8. The summed E-state index contributed by atoms with van der Waals surface area (Å²) in [6, 6.07) is 55.4. The molecule has 0 unspecified atom stereocenters. The van der Waals surface area contributed by atoms with E-state index in [0.29, 0.717) is 17.4 Å². The first kappa shape index (κ1) is 51.6. The summed E-state index contributed by atoms with van der Waals surface area (Å²) >= 11 is 0. The lowest BCUT2D eigenvalue weighted by atomic mass is 9.94. The molecule has 394 valence electrons. The van der Waals surface area contributed by atoms with Gasteiger partial charge in [0.05, 0.1) is 51.1 Å². The standard InChI is InChI=1S/C71H53F6N3/c1-39-10-19-52(43(5)28-39)47-14-24-64-58(32-47)59-33-48(53-20-11-40(2)29-44(53)6)15-25-65(59)79(64)68-37-57(56-23-18-51(70(72,73)74)36-62(56)71(75,76)77)63(78-9)38-69(68)80-66-26-16-49(54-21-12-41(3)30-45(54)7)34-60(66)61-35-50(17-27-67(61)80)55-22-13-42(4)31-46(55)8/h10-38H,1-8H3. The second-order valence-electron chi connectivity index (χ2n) is 21.6. The lowest BCUT2D eigenvalue weighted by Gasteiger charge is -2.22. The molecule has 2 heterocycles. The van der Waals surface area contributed by atoms with Crippen LogP contribution >= 0.6 is 0 Å². The minimum absolute atomic E-state index is 0.147. The van der Waals surface area contributed by atoms with Crippen LogP contribution < -0.4 is 0 Å². The van der Waals surface area contributed by atoms with Gasteiger partial charge in [-0.2, -0.15) is 26.3 Å². The van der Waals surface area contributed by atoms with Crippen LogP contribution in [0.1, 0.15) is 55.6 Å². The molecule has 0 atom stereocenters. The fourth-order valence-electron chi connectivity index (χ4n) is 12.2. The molecule has 12 aromatic rings. The van der Waals surface area contributed by atoms with Gasteiger partial charge in [0.1, 0.15) is 0 Å². The molecule has 0 fully saturated rings. The summed E-state index contributed by atoms with van der Waals surface area (Å²) in [7, 11) is 0. The number of aromatic nitrogens is 2. The molecule has 0 aliphatic rings. The van der Waals surface area contributed by atoms with Crippen LogP contribution in [0.2, 0.25) is 0 Å². The fraction of sp³-hybridized carbons (Fsp3) is 0.141. The van der Waals surface area contributed by atoms with E-state index in [1.807, 2.05) is 16.7 Å². The van der Waals surface area contributed by atoms with Crippen molar-refractivity contribution in [3.8, 4) is 67.0 Å². The summed E-state index contributed by atoms with van der Waals surface area (Å²) in [6.45, 7) is 25.3. The summed E-state index contributed by atoms with van der Waals surface area (Å²) in [5.74, 6) is 0. The van der Waals surface area contributed by atoms with E-state index in [1.165, 1.54) is 0 Å². The van der Waals surface area contributed by atoms with Crippen LogP contribution in [0.15, 0.2) is 176 Å². The molecule has 9 heteroatoms. The van der Waals surface area contributed by atoms with E-state index in [0.717, 1.165) is 139 Å². The molecule has 0 radical (unpaired) electrons. The largest absolute Gasteiger partial charge is 0.416 e. The molecule has 3 nitrogen and oxygen atoms in total. The molecule has 0 saturated carbocycles. The van der Waals surface area contributed by atoms with Gasteiger partial charge in [-0.05, 0) is 206 Å². The van der Waals surface area contributed by atoms with Crippen LogP contribution in [0.4, 0.5) is 32.0 Å². The highest BCUT2D eigenvalue weighted by Crippen LogP contribution is 2.49. The maximum Gasteiger partial charge on any atom is 0.416 e. The SMILES string of the molecule is [C-]#[N+]c1cc(-n2c3ccc(-c4ccc(C)cc4C)cc3c3cc(-c4ccc(C)cc4C)ccc32)c(-n2c3ccc(-c4ccc(C)cc4C)cc3c3cc(-c4ccc(C)cc4C)ccc32)cc1-c1ccc(C(F)(F)F)cc1C(F)(F)F. The van der Waals surface area contributed by atoms with Gasteiger partial charge in [-0.25, -0.2) is 4.85 Å². The minimum Gasteiger partial charge on any atom is -0.308 e. The number of hydrogen-bond donors (Lipinski definition) is 0. The van der Waals surface area contributed by atoms with Crippen LogP contribution in [0.25, 0.3) is 115 Å². The molecule has 0 saturated heterocycles. The van der Waals surface area contributed by atoms with Crippen molar-refractivity contribution in [1.29, 1.82) is 0 Å². The van der Waals surface area contributed by atoms with Gasteiger partial charge < -0.3 is 9.13 Å². The minimum atomic E-state index is -5.22. The van der Waals surface area contributed by atoms with Crippen LogP contribution in [0.5, 0.6) is 0 Å². The smallest absolute Gasteiger partial charge is 0.308 e. The second kappa shape index (κ2) is 19.1. The molecule has 12 rings (SSSR count). The molecule has 0 N–H and O–H groups in total. The van der Waals surface area contributed by atoms with E-state index in [-0.39, 0.29) is 17.3 Å². The molecule has 0 aliphatic carbocycles. The maximum atomic E-state index is 15.4. The molecule has 0 spiro atoms. The summed E-state index contributed by atoms with van der Waals surface area (Å²) in [5, 5.41) is 3.55. The number of rotatable bonds is 7. The van der Waals surface area contributed by atoms with Gasteiger partial charge in [0, 0.05) is 21.5 Å². The Morgan fingerprint density at radius 3 is 0.950 bits per heavy atom. The molecular weight excluding hydrogens is 1010 g/mol. The van der Waals surface area contributed by atoms with Gasteiger partial charge in [0.25, 0.3) is 0 Å². The average Bonchev–Trinajstić information content (AvgIpc) is 4.02. The van der Waals surface area contributed by atoms with Crippen LogP contribution in [-0.2, 0) is 12.4 Å². The predicted molar refractivity (Wildman–Crippen MR) is 316 cm³/mol. The highest BCUT2D eigenvalue weighted by atomic mass is 19.4. The summed E-state index contributed by atoms with van der Waals surface area (Å²) in [4.78, 5) is 3.92. The second-order valence-corrected chi connectivity index (χ2v) is 21.6. The molecule has 0 amide bonds. The molecule has 0 bridgehead atoms. The normalized spacial score (nSPS) is 12.1. The van der Waals surface area contributed by atoms with Gasteiger partial charge >= 0.3 is 12.4 Å². The first-order valence-electron chi connectivity index (χ1n) is 26.5. The van der Waals surface area contributed by atoms with Crippen molar-refractivity contribution < 1.29 is 26.3 Å². The van der Waals surface area contributed by atoms with Crippen molar-refractivity contribution >= 4 is 49.3 Å². The number of nitrogens with zero attached hydrogens (tertiary/aromatic N) is 3. The topological polar surface area (TPSA) is 14.2 Å². The van der Waals surface area contributed by atoms with Gasteiger partial charge in [-0.3, -0.25) is 0 Å². The lowest BCUT2D eigenvalue weighted by molar-refractivity contribution is -0.142. The van der Waals surface area contributed by atoms with Gasteiger partial charge in [0.15, 0.2) is 5.69 Å². The van der Waals surface area contributed by atoms with Crippen molar-refractivity contribution in [2.45, 2.75) is 67.7 Å². The average molecular weight is 1060 g/mol. The van der Waals surface area contributed by atoms with Crippen molar-refractivity contribution in [2.75, 3.05) is 0 Å². The summed E-state index contributed by atoms with van der Waals surface area (Å²) < 4.78 is 93.1. The van der Waals surface area contributed by atoms with Crippen molar-refractivity contribution in [3.63, 3.8) is 0 Å². The Morgan fingerprint density at radius 1 is 0.325 bits per heavy atom. The highest BCUT2D eigenvalue weighted by Gasteiger charge is 2.39. The van der Waals surface area contributed by atoms with E-state index in [9.17, 15) is 13.2 Å². The molecule has 80 heavy (non-hydrogen) atoms. The zero-order valence-corrected chi connectivity index (χ0v) is 45.4. The fourth-order valence-corrected chi connectivity index (χ4v) is 12.2. The number of alkyl halides is 6. The molecule has 2 aromatic heterocycles. The Kier molecular flexibility index (Phi) is 12.3. The zero-order chi connectivity index (χ0) is 56.3. The van der Waals surface area contributed by atoms with Gasteiger partial charge in [-0.15, -0.1) is 0 Å². The Hall–Kier alpha value is -9.13. The lowest BCUT2D eigenvalue weighted by Crippen LogP contribution is -2.12. The zero-order valence-electron chi connectivity index (χ0n) is 45.4. The third kappa shape index (κ3) is 8.80. The molecular formula is C71H53F6N3. The van der Waals surface area contributed by atoms with Crippen LogP contribution in [-0.4, -0.2) is 9.13 Å². The predicted octanol–water partition coefficient (Wildman–Crippen LogP) is 21.3. The van der Waals surface area contributed by atoms with Crippen molar-refractivity contribution in [1.82, 2.24) is 9.13 Å². The first-order chi connectivity index (χ1) is 38.1. The number of benzene rings is 10. The Bertz CT molecular complexity index is 4400. The van der Waals surface area contributed by atoms with E-state index < -0.39 is 29.0 Å². The maximum absolute atomic E-state index is 15.4. The van der Waals surface area contributed by atoms with Crippen LogP contribution in [0, 0.1) is 62.0 Å². The summed E-state index contributed by atoms with van der Waals surface area (Å²) in [6.07, 6.45) is -10.3.